The van der Waals surface area contributed by atoms with E-state index < -0.39 is 0 Å². The number of nitrogens with zero attached hydrogens (tertiary/aromatic N) is 1. The zero-order chi connectivity index (χ0) is 12.8. The molecule has 1 fully saturated rings. The van der Waals surface area contributed by atoms with Crippen LogP contribution in [0.3, 0.4) is 0 Å². The summed E-state index contributed by atoms with van der Waals surface area (Å²) < 4.78 is 0. The molecule has 0 radical (unpaired) electrons. The molecule has 2 rings (SSSR count). The minimum Gasteiger partial charge on any atom is -0.384 e. The van der Waals surface area contributed by atoms with E-state index >= 15 is 0 Å². The van der Waals surface area contributed by atoms with Gasteiger partial charge in [0.2, 0.25) is 5.91 Å². The lowest BCUT2D eigenvalue weighted by Crippen LogP contribution is -2.29. The molecule has 5 heteroatoms. The Balaban J connectivity index is 1.68. The third-order valence-corrected chi connectivity index (χ3v) is 2.82. The Kier molecular flexibility index (Phi) is 4.39. The van der Waals surface area contributed by atoms with Gasteiger partial charge in [0.1, 0.15) is 0 Å². The average molecular weight is 248 g/mol. The van der Waals surface area contributed by atoms with Gasteiger partial charge in [-0.05, 0) is 25.8 Å². The Bertz CT molecular complexity index is 404. The second-order valence-electron chi connectivity index (χ2n) is 4.48. The molecule has 18 heavy (non-hydrogen) atoms. The lowest BCUT2D eigenvalue weighted by Gasteiger charge is -2.09. The van der Waals surface area contributed by atoms with Crippen molar-refractivity contribution in [3.63, 3.8) is 0 Å². The standard InChI is InChI=1S/C13H20N4O/c1-2-15-11-7-12(9-14-8-11)16-5-6-17-13(18)10-3-4-10/h7-10,15-16H,2-6H2,1H3,(H,17,18). The highest BCUT2D eigenvalue weighted by Gasteiger charge is 2.28. The Morgan fingerprint density at radius 1 is 1.28 bits per heavy atom. The van der Waals surface area contributed by atoms with E-state index in [0.717, 1.165) is 37.3 Å². The van der Waals surface area contributed by atoms with Crippen LogP contribution in [0, 0.1) is 5.92 Å². The fraction of sp³-hybridized carbons (Fsp3) is 0.538. The van der Waals surface area contributed by atoms with E-state index in [1.165, 1.54) is 0 Å². The fourth-order valence-corrected chi connectivity index (χ4v) is 1.72. The maximum Gasteiger partial charge on any atom is 0.223 e. The van der Waals surface area contributed by atoms with E-state index in [0.29, 0.717) is 6.54 Å². The summed E-state index contributed by atoms with van der Waals surface area (Å²) in [5, 5.41) is 9.37. The zero-order valence-corrected chi connectivity index (χ0v) is 10.7. The molecule has 0 bridgehead atoms. The predicted octanol–water partition coefficient (Wildman–Crippen LogP) is 1.45. The van der Waals surface area contributed by atoms with Gasteiger partial charge in [0.25, 0.3) is 0 Å². The number of carbonyl (C=O) groups excluding carboxylic acids is 1. The fourth-order valence-electron chi connectivity index (χ4n) is 1.72. The number of pyridine rings is 1. The van der Waals surface area contributed by atoms with E-state index in [2.05, 4.69) is 20.9 Å². The molecule has 1 amide bonds. The van der Waals surface area contributed by atoms with Crippen molar-refractivity contribution in [2.45, 2.75) is 19.8 Å². The molecular weight excluding hydrogens is 228 g/mol. The van der Waals surface area contributed by atoms with Crippen molar-refractivity contribution < 1.29 is 4.79 Å². The average Bonchev–Trinajstić information content (AvgIpc) is 3.19. The molecule has 1 saturated carbocycles. The van der Waals surface area contributed by atoms with E-state index in [1.54, 1.807) is 12.4 Å². The van der Waals surface area contributed by atoms with Crippen molar-refractivity contribution in [1.82, 2.24) is 10.3 Å². The van der Waals surface area contributed by atoms with Gasteiger partial charge in [0.05, 0.1) is 23.8 Å². The van der Waals surface area contributed by atoms with Crippen LogP contribution in [0.15, 0.2) is 18.5 Å². The van der Waals surface area contributed by atoms with Crippen molar-refractivity contribution in [1.29, 1.82) is 0 Å². The number of anilines is 2. The molecular formula is C13H20N4O. The number of amides is 1. The Hall–Kier alpha value is -1.78. The summed E-state index contributed by atoms with van der Waals surface area (Å²) in [6.07, 6.45) is 5.68. The lowest BCUT2D eigenvalue weighted by atomic mass is 10.3. The third-order valence-electron chi connectivity index (χ3n) is 2.82. The van der Waals surface area contributed by atoms with E-state index in [4.69, 9.17) is 0 Å². The lowest BCUT2D eigenvalue weighted by molar-refractivity contribution is -0.122. The molecule has 1 aromatic rings. The van der Waals surface area contributed by atoms with Crippen LogP contribution in [-0.4, -0.2) is 30.5 Å². The van der Waals surface area contributed by atoms with Gasteiger partial charge < -0.3 is 16.0 Å². The minimum atomic E-state index is 0.191. The third kappa shape index (κ3) is 3.91. The van der Waals surface area contributed by atoms with Crippen molar-refractivity contribution in [2.24, 2.45) is 5.92 Å². The first-order valence-electron chi connectivity index (χ1n) is 6.50. The van der Waals surface area contributed by atoms with E-state index in [9.17, 15) is 4.79 Å². The highest BCUT2D eigenvalue weighted by Crippen LogP contribution is 2.28. The summed E-state index contributed by atoms with van der Waals surface area (Å²) in [6, 6.07) is 2.01. The zero-order valence-electron chi connectivity index (χ0n) is 10.7. The predicted molar refractivity (Wildman–Crippen MR) is 72.6 cm³/mol. The Morgan fingerprint density at radius 2 is 2.00 bits per heavy atom. The number of nitrogens with one attached hydrogen (secondary N) is 3. The van der Waals surface area contributed by atoms with Crippen LogP contribution in [-0.2, 0) is 4.79 Å². The van der Waals surface area contributed by atoms with Gasteiger partial charge in [-0.15, -0.1) is 0 Å². The van der Waals surface area contributed by atoms with Crippen LogP contribution >= 0.6 is 0 Å². The molecule has 1 aliphatic carbocycles. The molecule has 0 spiro atoms. The minimum absolute atomic E-state index is 0.191. The van der Waals surface area contributed by atoms with Gasteiger partial charge in [0, 0.05) is 25.6 Å². The summed E-state index contributed by atoms with van der Waals surface area (Å²) in [5.74, 6) is 0.472. The Morgan fingerprint density at radius 3 is 2.67 bits per heavy atom. The molecule has 5 nitrogen and oxygen atoms in total. The first-order valence-corrected chi connectivity index (χ1v) is 6.50. The second kappa shape index (κ2) is 6.23. The Labute approximate surface area is 107 Å². The van der Waals surface area contributed by atoms with Gasteiger partial charge >= 0.3 is 0 Å². The highest BCUT2D eigenvalue weighted by molar-refractivity contribution is 5.80. The van der Waals surface area contributed by atoms with E-state index in [1.807, 2.05) is 13.0 Å². The molecule has 0 saturated heterocycles. The molecule has 1 aliphatic rings. The van der Waals surface area contributed by atoms with Crippen LogP contribution in [0.1, 0.15) is 19.8 Å². The van der Waals surface area contributed by atoms with Gasteiger partial charge in [-0.2, -0.15) is 0 Å². The number of aromatic nitrogens is 1. The molecule has 98 valence electrons. The summed E-state index contributed by atoms with van der Waals surface area (Å²) in [6.45, 7) is 4.30. The SMILES string of the molecule is CCNc1cncc(NCCNC(=O)C2CC2)c1. The molecule has 0 atom stereocenters. The normalized spacial score (nSPS) is 14.1. The number of carbonyl (C=O) groups is 1. The highest BCUT2D eigenvalue weighted by atomic mass is 16.2. The van der Waals surface area contributed by atoms with Gasteiger partial charge in [-0.3, -0.25) is 9.78 Å². The molecule has 3 N–H and O–H groups in total. The molecule has 1 aromatic heterocycles. The topological polar surface area (TPSA) is 66.1 Å². The maximum absolute atomic E-state index is 11.4. The molecule has 0 aromatic carbocycles. The van der Waals surface area contributed by atoms with Crippen molar-refractivity contribution in [3.8, 4) is 0 Å². The van der Waals surface area contributed by atoms with Gasteiger partial charge in [-0.1, -0.05) is 0 Å². The van der Waals surface area contributed by atoms with Crippen LogP contribution in [0.5, 0.6) is 0 Å². The van der Waals surface area contributed by atoms with Crippen molar-refractivity contribution in [3.05, 3.63) is 18.5 Å². The largest absolute Gasteiger partial charge is 0.384 e. The summed E-state index contributed by atoms with van der Waals surface area (Å²) in [5.41, 5.74) is 1.97. The van der Waals surface area contributed by atoms with E-state index in [-0.39, 0.29) is 11.8 Å². The van der Waals surface area contributed by atoms with Crippen molar-refractivity contribution in [2.75, 3.05) is 30.3 Å². The summed E-state index contributed by atoms with van der Waals surface area (Å²) in [4.78, 5) is 15.5. The van der Waals surface area contributed by atoms with Crippen molar-refractivity contribution >= 4 is 17.3 Å². The van der Waals surface area contributed by atoms with Crippen LogP contribution < -0.4 is 16.0 Å². The molecule has 1 heterocycles. The van der Waals surface area contributed by atoms with Gasteiger partial charge in [-0.25, -0.2) is 0 Å². The number of rotatable bonds is 7. The molecule has 0 unspecified atom stereocenters. The first kappa shape index (κ1) is 12.7. The maximum atomic E-state index is 11.4. The number of hydrogen-bond acceptors (Lipinski definition) is 4. The summed E-state index contributed by atoms with van der Waals surface area (Å²) >= 11 is 0. The number of hydrogen-bond donors (Lipinski definition) is 3. The first-order chi connectivity index (χ1) is 8.79. The smallest absolute Gasteiger partial charge is 0.223 e. The summed E-state index contributed by atoms with van der Waals surface area (Å²) in [7, 11) is 0. The molecule has 0 aliphatic heterocycles. The van der Waals surface area contributed by atoms with Crippen LogP contribution in [0.2, 0.25) is 0 Å². The van der Waals surface area contributed by atoms with Crippen LogP contribution in [0.4, 0.5) is 11.4 Å². The quantitative estimate of drug-likeness (QED) is 0.639. The van der Waals surface area contributed by atoms with Gasteiger partial charge in [0.15, 0.2) is 0 Å². The van der Waals surface area contributed by atoms with Crippen LogP contribution in [0.25, 0.3) is 0 Å². The monoisotopic (exact) mass is 248 g/mol. The second-order valence-corrected chi connectivity index (χ2v) is 4.48.